The zero-order chi connectivity index (χ0) is 16.3. The summed E-state index contributed by atoms with van der Waals surface area (Å²) in [4.78, 5) is 22.7. The minimum atomic E-state index is -1.32. The largest absolute Gasteiger partial charge is 0.479 e. The summed E-state index contributed by atoms with van der Waals surface area (Å²) in [7, 11) is 0. The Balaban J connectivity index is 2.24. The van der Waals surface area contributed by atoms with E-state index in [1.54, 1.807) is 0 Å². The van der Waals surface area contributed by atoms with Crippen molar-refractivity contribution < 1.29 is 19.8 Å². The molecule has 1 fully saturated rings. The van der Waals surface area contributed by atoms with Crippen molar-refractivity contribution in [1.82, 2.24) is 15.0 Å². The van der Waals surface area contributed by atoms with E-state index in [9.17, 15) is 19.8 Å². The second kappa shape index (κ2) is 6.46. The molecule has 2 rings (SSSR count). The predicted octanol–water partition coefficient (Wildman–Crippen LogP) is 2.31. The summed E-state index contributed by atoms with van der Waals surface area (Å²) >= 11 is 0. The summed E-state index contributed by atoms with van der Waals surface area (Å²) in [5.74, 6) is -1.65. The third-order valence-corrected chi connectivity index (χ3v) is 4.53. The molecule has 1 aliphatic carbocycles. The molecule has 0 unspecified atom stereocenters. The van der Waals surface area contributed by atoms with E-state index < -0.39 is 17.5 Å². The third-order valence-electron chi connectivity index (χ3n) is 4.53. The van der Waals surface area contributed by atoms with E-state index in [2.05, 4.69) is 10.3 Å². The van der Waals surface area contributed by atoms with Crippen LogP contribution >= 0.6 is 0 Å². The van der Waals surface area contributed by atoms with Gasteiger partial charge < -0.3 is 10.2 Å². The van der Waals surface area contributed by atoms with Gasteiger partial charge in [-0.25, -0.2) is 14.3 Å². The fraction of sp³-hybridized carbons (Fsp3) is 0.733. The molecule has 2 N–H and O–H groups in total. The molecule has 0 aromatic carbocycles. The van der Waals surface area contributed by atoms with Gasteiger partial charge in [-0.05, 0) is 32.6 Å². The topological polar surface area (TPSA) is 105 Å². The first-order valence-electron chi connectivity index (χ1n) is 7.75. The van der Waals surface area contributed by atoms with Gasteiger partial charge in [-0.2, -0.15) is 0 Å². The predicted molar refractivity (Wildman–Crippen MR) is 78.8 cm³/mol. The highest BCUT2D eigenvalue weighted by Gasteiger charge is 2.35. The number of aromatic nitrogens is 3. The Labute approximate surface area is 129 Å². The molecule has 22 heavy (non-hydrogen) atoms. The van der Waals surface area contributed by atoms with Crippen molar-refractivity contribution in [3.8, 4) is 0 Å². The SMILES string of the molecule is CC(C)(C(=O)O)n1nnc(C(=O)O)c1CCC1CCCCC1. The smallest absolute Gasteiger partial charge is 0.358 e. The van der Waals surface area contributed by atoms with E-state index in [1.165, 1.54) is 37.8 Å². The molecule has 0 aliphatic heterocycles. The molecule has 7 nitrogen and oxygen atoms in total. The Morgan fingerprint density at radius 2 is 1.86 bits per heavy atom. The Morgan fingerprint density at radius 3 is 2.41 bits per heavy atom. The fourth-order valence-corrected chi connectivity index (χ4v) is 3.05. The van der Waals surface area contributed by atoms with Crippen LogP contribution in [0.1, 0.15) is 68.6 Å². The van der Waals surface area contributed by atoms with Crippen molar-refractivity contribution in [2.24, 2.45) is 5.92 Å². The second-order valence-electron chi connectivity index (χ2n) is 6.51. The van der Waals surface area contributed by atoms with Crippen molar-refractivity contribution in [3.63, 3.8) is 0 Å². The monoisotopic (exact) mass is 309 g/mol. The number of aliphatic carboxylic acids is 1. The molecule has 0 atom stereocenters. The van der Waals surface area contributed by atoms with E-state index in [4.69, 9.17) is 0 Å². The van der Waals surface area contributed by atoms with Gasteiger partial charge in [-0.15, -0.1) is 5.10 Å². The van der Waals surface area contributed by atoms with Crippen molar-refractivity contribution in [3.05, 3.63) is 11.4 Å². The summed E-state index contributed by atoms with van der Waals surface area (Å²) in [6, 6.07) is 0. The maximum absolute atomic E-state index is 11.4. The molecule has 1 heterocycles. The van der Waals surface area contributed by atoms with Crippen molar-refractivity contribution in [2.45, 2.75) is 64.3 Å². The molecule has 0 radical (unpaired) electrons. The van der Waals surface area contributed by atoms with Crippen LogP contribution in [-0.4, -0.2) is 37.1 Å². The molecule has 1 aromatic rings. The molecule has 0 spiro atoms. The Bertz CT molecular complexity index is 559. The lowest BCUT2D eigenvalue weighted by Gasteiger charge is -2.24. The molecule has 0 bridgehead atoms. The van der Waals surface area contributed by atoms with Crippen LogP contribution in [0.25, 0.3) is 0 Å². The van der Waals surface area contributed by atoms with Gasteiger partial charge >= 0.3 is 11.9 Å². The van der Waals surface area contributed by atoms with Gasteiger partial charge in [0.15, 0.2) is 11.2 Å². The maximum Gasteiger partial charge on any atom is 0.358 e. The van der Waals surface area contributed by atoms with Crippen LogP contribution in [-0.2, 0) is 16.8 Å². The summed E-state index contributed by atoms with van der Waals surface area (Å²) < 4.78 is 1.25. The Morgan fingerprint density at radius 1 is 1.23 bits per heavy atom. The lowest BCUT2D eigenvalue weighted by Crippen LogP contribution is -2.38. The van der Waals surface area contributed by atoms with Crippen LogP contribution in [0.5, 0.6) is 0 Å². The normalized spacial score (nSPS) is 16.6. The van der Waals surface area contributed by atoms with Crippen molar-refractivity contribution in [1.29, 1.82) is 0 Å². The molecule has 122 valence electrons. The number of carbonyl (C=O) groups is 2. The van der Waals surface area contributed by atoms with Crippen LogP contribution in [0.4, 0.5) is 0 Å². The van der Waals surface area contributed by atoms with Gasteiger partial charge in [-0.3, -0.25) is 0 Å². The fourth-order valence-electron chi connectivity index (χ4n) is 3.05. The van der Waals surface area contributed by atoms with Crippen LogP contribution in [0.2, 0.25) is 0 Å². The Hall–Kier alpha value is -1.92. The van der Waals surface area contributed by atoms with Gasteiger partial charge in [0.05, 0.1) is 5.69 Å². The molecule has 1 aromatic heterocycles. The van der Waals surface area contributed by atoms with E-state index in [0.29, 0.717) is 18.0 Å². The molecule has 7 heteroatoms. The molecule has 0 saturated heterocycles. The van der Waals surface area contributed by atoms with Gasteiger partial charge in [0.2, 0.25) is 0 Å². The summed E-state index contributed by atoms with van der Waals surface area (Å²) in [5.41, 5.74) is -1.04. The second-order valence-corrected chi connectivity index (χ2v) is 6.51. The number of carboxylic acid groups (broad SMARTS) is 2. The summed E-state index contributed by atoms with van der Waals surface area (Å²) in [6.45, 7) is 3.00. The van der Waals surface area contributed by atoms with Crippen LogP contribution < -0.4 is 0 Å². The van der Waals surface area contributed by atoms with Gasteiger partial charge in [0.1, 0.15) is 0 Å². The highest BCUT2D eigenvalue weighted by atomic mass is 16.4. The van der Waals surface area contributed by atoms with Gasteiger partial charge in [0.25, 0.3) is 0 Å². The first kappa shape index (κ1) is 16.5. The third kappa shape index (κ3) is 3.28. The number of rotatable bonds is 6. The van der Waals surface area contributed by atoms with E-state index >= 15 is 0 Å². The summed E-state index contributed by atoms with van der Waals surface area (Å²) in [5, 5.41) is 26.1. The van der Waals surface area contributed by atoms with E-state index in [1.807, 2.05) is 0 Å². The maximum atomic E-state index is 11.4. The van der Waals surface area contributed by atoms with Crippen LogP contribution in [0.15, 0.2) is 0 Å². The Kier molecular flexibility index (Phi) is 4.83. The molecular formula is C15H23N3O4. The molecule has 0 amide bonds. The first-order valence-corrected chi connectivity index (χ1v) is 7.75. The number of nitrogens with zero attached hydrogens (tertiary/aromatic N) is 3. The van der Waals surface area contributed by atoms with Crippen LogP contribution in [0.3, 0.4) is 0 Å². The highest BCUT2D eigenvalue weighted by molar-refractivity contribution is 5.86. The average Bonchev–Trinajstić information content (AvgIpc) is 2.90. The summed E-state index contributed by atoms with van der Waals surface area (Å²) in [6.07, 6.45) is 7.36. The molecule has 1 saturated carbocycles. The zero-order valence-corrected chi connectivity index (χ0v) is 13.1. The van der Waals surface area contributed by atoms with E-state index in [-0.39, 0.29) is 5.69 Å². The minimum absolute atomic E-state index is 0.134. The van der Waals surface area contributed by atoms with Crippen LogP contribution in [0, 0.1) is 5.92 Å². The minimum Gasteiger partial charge on any atom is -0.479 e. The number of aromatic carboxylic acids is 1. The number of hydrogen-bond acceptors (Lipinski definition) is 4. The number of carboxylic acids is 2. The van der Waals surface area contributed by atoms with E-state index in [0.717, 1.165) is 19.3 Å². The van der Waals surface area contributed by atoms with Crippen molar-refractivity contribution >= 4 is 11.9 Å². The van der Waals surface area contributed by atoms with Crippen molar-refractivity contribution in [2.75, 3.05) is 0 Å². The van der Waals surface area contributed by atoms with Gasteiger partial charge in [0, 0.05) is 0 Å². The number of hydrogen-bond donors (Lipinski definition) is 2. The average molecular weight is 309 g/mol. The quantitative estimate of drug-likeness (QED) is 0.835. The standard InChI is InChI=1S/C15H23N3O4/c1-15(2,14(21)22)18-11(12(13(19)20)16-17-18)9-8-10-6-4-3-5-7-10/h10H,3-9H2,1-2H3,(H,19,20)(H,21,22). The lowest BCUT2D eigenvalue weighted by atomic mass is 9.85. The zero-order valence-electron chi connectivity index (χ0n) is 13.1. The molecule has 1 aliphatic rings. The van der Waals surface area contributed by atoms with Gasteiger partial charge in [-0.1, -0.05) is 37.3 Å². The molecular weight excluding hydrogens is 286 g/mol. The lowest BCUT2D eigenvalue weighted by molar-refractivity contribution is -0.146. The highest BCUT2D eigenvalue weighted by Crippen LogP contribution is 2.29. The first-order chi connectivity index (χ1) is 10.3.